The molecule has 0 saturated carbocycles. The summed E-state index contributed by atoms with van der Waals surface area (Å²) in [5, 5.41) is 13.9. The number of amides is 2. The molecule has 2 amide bonds. The van der Waals surface area contributed by atoms with E-state index < -0.39 is 0 Å². The number of hydrogen-bond donors (Lipinski definition) is 2. The van der Waals surface area contributed by atoms with Crippen LogP contribution in [0.1, 0.15) is 41.3 Å². The van der Waals surface area contributed by atoms with Crippen molar-refractivity contribution in [2.24, 2.45) is 0 Å². The van der Waals surface area contributed by atoms with Crippen molar-refractivity contribution in [1.82, 2.24) is 25.4 Å². The van der Waals surface area contributed by atoms with Gasteiger partial charge in [0, 0.05) is 31.5 Å². The summed E-state index contributed by atoms with van der Waals surface area (Å²) in [5.41, 5.74) is 0.543. The number of aryl methyl sites for hydroxylation is 1. The van der Waals surface area contributed by atoms with Crippen molar-refractivity contribution in [1.29, 1.82) is 0 Å². The molecule has 0 atom stereocenters. The summed E-state index contributed by atoms with van der Waals surface area (Å²) in [5.74, 6) is 1.51. The van der Waals surface area contributed by atoms with E-state index in [1.165, 1.54) is 6.42 Å². The maximum absolute atomic E-state index is 11.9. The van der Waals surface area contributed by atoms with E-state index in [0.717, 1.165) is 37.5 Å². The van der Waals surface area contributed by atoms with Gasteiger partial charge in [-0.25, -0.2) is 0 Å². The molecule has 0 radical (unpaired) electrons. The van der Waals surface area contributed by atoms with Gasteiger partial charge in [0.25, 0.3) is 5.91 Å². The Bertz CT molecular complexity index is 726. The second-order valence-corrected chi connectivity index (χ2v) is 6.14. The van der Waals surface area contributed by atoms with Gasteiger partial charge in [0.2, 0.25) is 5.91 Å². The average molecular weight is 341 g/mol. The molecule has 132 valence electrons. The molecule has 3 rings (SSSR count). The second kappa shape index (κ2) is 8.41. The van der Waals surface area contributed by atoms with Gasteiger partial charge in [-0.05, 0) is 25.0 Å². The van der Waals surface area contributed by atoms with E-state index in [1.807, 2.05) is 6.07 Å². The molecular weight excluding hydrogens is 318 g/mol. The first kappa shape index (κ1) is 17.1. The molecule has 25 heavy (non-hydrogen) atoms. The van der Waals surface area contributed by atoms with Gasteiger partial charge in [0.1, 0.15) is 11.6 Å². The van der Waals surface area contributed by atoms with Crippen molar-refractivity contribution in [2.75, 3.05) is 13.1 Å². The number of carbonyl (C=O) groups is 2. The predicted molar refractivity (Wildman–Crippen MR) is 93.1 cm³/mol. The molecule has 1 aromatic carbocycles. The summed E-state index contributed by atoms with van der Waals surface area (Å²) < 4.78 is 2.18. The molecule has 0 bridgehead atoms. The molecule has 0 aliphatic carbocycles. The Labute approximate surface area is 146 Å². The van der Waals surface area contributed by atoms with Gasteiger partial charge in [-0.15, -0.1) is 10.2 Å². The van der Waals surface area contributed by atoms with Crippen LogP contribution >= 0.6 is 0 Å². The number of nitrogens with zero attached hydrogens (tertiary/aromatic N) is 3. The van der Waals surface area contributed by atoms with E-state index in [-0.39, 0.29) is 18.4 Å². The van der Waals surface area contributed by atoms with Crippen LogP contribution in [0.15, 0.2) is 30.3 Å². The van der Waals surface area contributed by atoms with Gasteiger partial charge < -0.3 is 15.2 Å². The molecule has 7 nitrogen and oxygen atoms in total. The Morgan fingerprint density at radius 2 is 1.88 bits per heavy atom. The highest BCUT2D eigenvalue weighted by Gasteiger charge is 2.14. The lowest BCUT2D eigenvalue weighted by atomic mass is 10.2. The minimum Gasteiger partial charge on any atom is -0.354 e. The van der Waals surface area contributed by atoms with Crippen molar-refractivity contribution in [2.45, 2.75) is 38.6 Å². The number of benzene rings is 1. The first-order chi connectivity index (χ1) is 12.2. The van der Waals surface area contributed by atoms with E-state index in [1.54, 1.807) is 24.3 Å². The van der Waals surface area contributed by atoms with Crippen LogP contribution in [0.2, 0.25) is 0 Å². The summed E-state index contributed by atoms with van der Waals surface area (Å²) >= 11 is 0. The molecule has 1 aliphatic heterocycles. The zero-order chi connectivity index (χ0) is 17.5. The third-order valence-corrected chi connectivity index (χ3v) is 4.30. The maximum Gasteiger partial charge on any atom is 0.251 e. The number of hydrogen-bond acceptors (Lipinski definition) is 4. The summed E-state index contributed by atoms with van der Waals surface area (Å²) in [7, 11) is 0. The Morgan fingerprint density at radius 1 is 1.04 bits per heavy atom. The van der Waals surface area contributed by atoms with Crippen molar-refractivity contribution in [3.63, 3.8) is 0 Å². The Balaban J connectivity index is 1.41. The molecule has 2 aromatic rings. The highest BCUT2D eigenvalue weighted by molar-refractivity contribution is 5.96. The third kappa shape index (κ3) is 4.65. The van der Waals surface area contributed by atoms with Crippen molar-refractivity contribution >= 4 is 11.8 Å². The molecule has 0 spiro atoms. The van der Waals surface area contributed by atoms with Gasteiger partial charge in [-0.3, -0.25) is 9.59 Å². The molecular formula is C18H23N5O2. The fourth-order valence-corrected chi connectivity index (χ4v) is 2.96. The number of nitrogens with one attached hydrogen (secondary N) is 2. The number of aromatic nitrogens is 3. The lowest BCUT2D eigenvalue weighted by molar-refractivity contribution is -0.120. The van der Waals surface area contributed by atoms with Gasteiger partial charge in [-0.2, -0.15) is 0 Å². The molecule has 0 unspecified atom stereocenters. The Kier molecular flexibility index (Phi) is 5.77. The van der Waals surface area contributed by atoms with Crippen LogP contribution in [0, 0.1) is 0 Å². The van der Waals surface area contributed by atoms with E-state index in [0.29, 0.717) is 18.5 Å². The molecule has 1 aromatic heterocycles. The Morgan fingerprint density at radius 3 is 2.72 bits per heavy atom. The molecule has 0 fully saturated rings. The standard InChI is InChI=1S/C18H23N5O2/c24-17(13-20-18(25)14-7-3-1-4-8-14)19-11-10-16-22-21-15-9-5-2-6-12-23(15)16/h1,3-4,7-8H,2,5-6,9-13H2,(H,19,24)(H,20,25). The largest absolute Gasteiger partial charge is 0.354 e. The first-order valence-electron chi connectivity index (χ1n) is 8.75. The summed E-state index contributed by atoms with van der Waals surface area (Å²) in [6.07, 6.45) is 5.16. The van der Waals surface area contributed by atoms with Crippen LogP contribution in [-0.4, -0.2) is 39.7 Å². The SMILES string of the molecule is O=C(CNC(=O)c1ccccc1)NCCc1nnc2n1CCCCC2. The summed E-state index contributed by atoms with van der Waals surface area (Å²) in [4.78, 5) is 23.8. The molecule has 7 heteroatoms. The summed E-state index contributed by atoms with van der Waals surface area (Å²) in [6, 6.07) is 8.84. The first-order valence-corrected chi connectivity index (χ1v) is 8.75. The van der Waals surface area contributed by atoms with Crippen molar-refractivity contribution in [3.05, 3.63) is 47.5 Å². The van der Waals surface area contributed by atoms with Gasteiger partial charge >= 0.3 is 0 Å². The van der Waals surface area contributed by atoms with Crippen LogP contribution in [0.4, 0.5) is 0 Å². The smallest absolute Gasteiger partial charge is 0.251 e. The number of rotatable bonds is 6. The van der Waals surface area contributed by atoms with Gasteiger partial charge in [0.05, 0.1) is 6.54 Å². The van der Waals surface area contributed by atoms with E-state index in [4.69, 9.17) is 0 Å². The van der Waals surface area contributed by atoms with Gasteiger partial charge in [-0.1, -0.05) is 24.6 Å². The van der Waals surface area contributed by atoms with Crippen molar-refractivity contribution < 1.29 is 9.59 Å². The van der Waals surface area contributed by atoms with Crippen LogP contribution in [0.3, 0.4) is 0 Å². The minimum atomic E-state index is -0.251. The second-order valence-electron chi connectivity index (χ2n) is 6.14. The van der Waals surface area contributed by atoms with Crippen LogP contribution < -0.4 is 10.6 Å². The zero-order valence-corrected chi connectivity index (χ0v) is 14.2. The normalized spacial score (nSPS) is 13.6. The van der Waals surface area contributed by atoms with E-state index in [9.17, 15) is 9.59 Å². The fraction of sp³-hybridized carbons (Fsp3) is 0.444. The highest BCUT2D eigenvalue weighted by Crippen LogP contribution is 2.14. The quantitative estimate of drug-likeness (QED) is 0.823. The molecule has 2 N–H and O–H groups in total. The van der Waals surface area contributed by atoms with Crippen LogP contribution in [0.25, 0.3) is 0 Å². The van der Waals surface area contributed by atoms with Crippen molar-refractivity contribution in [3.8, 4) is 0 Å². The predicted octanol–water partition coefficient (Wildman–Crippen LogP) is 1.09. The Hall–Kier alpha value is -2.70. The van der Waals surface area contributed by atoms with Crippen LogP contribution in [0.5, 0.6) is 0 Å². The molecule has 0 saturated heterocycles. The molecule has 2 heterocycles. The zero-order valence-electron chi connectivity index (χ0n) is 14.2. The minimum absolute atomic E-state index is 0.0360. The highest BCUT2D eigenvalue weighted by atomic mass is 16.2. The topological polar surface area (TPSA) is 88.9 Å². The lowest BCUT2D eigenvalue weighted by Crippen LogP contribution is -2.37. The van der Waals surface area contributed by atoms with Gasteiger partial charge in [0.15, 0.2) is 0 Å². The fourth-order valence-electron chi connectivity index (χ4n) is 2.96. The summed E-state index contributed by atoms with van der Waals surface area (Å²) in [6.45, 7) is 1.41. The monoisotopic (exact) mass is 341 g/mol. The van der Waals surface area contributed by atoms with Crippen LogP contribution in [-0.2, 0) is 24.2 Å². The van der Waals surface area contributed by atoms with E-state index >= 15 is 0 Å². The third-order valence-electron chi connectivity index (χ3n) is 4.30. The maximum atomic E-state index is 11.9. The lowest BCUT2D eigenvalue weighted by Gasteiger charge is -2.08. The van der Waals surface area contributed by atoms with E-state index in [2.05, 4.69) is 25.4 Å². The number of carbonyl (C=O) groups excluding carboxylic acids is 2. The average Bonchev–Trinajstić information content (AvgIpc) is 2.87. The number of fused-ring (bicyclic) bond motifs is 1. The molecule has 1 aliphatic rings.